The molecule has 0 aliphatic heterocycles. The van der Waals surface area contributed by atoms with Crippen molar-refractivity contribution in [3.8, 4) is 0 Å². The van der Waals surface area contributed by atoms with Crippen LogP contribution in [0.2, 0.25) is 0 Å². The van der Waals surface area contributed by atoms with Gasteiger partial charge in [-0.25, -0.2) is 0 Å². The molecule has 0 heterocycles. The fourth-order valence-electron chi connectivity index (χ4n) is 7.66. The Labute approximate surface area is 214 Å². The second-order valence-corrected chi connectivity index (χ2v) is 12.3. The Kier molecular flexibility index (Phi) is 9.51. The molecule has 3 fully saturated rings. The summed E-state index contributed by atoms with van der Waals surface area (Å²) in [6.45, 7) is 13.1. The van der Waals surface area contributed by atoms with Crippen molar-refractivity contribution in [2.24, 2.45) is 17.3 Å². The van der Waals surface area contributed by atoms with Crippen LogP contribution in [0.4, 0.5) is 0 Å². The Bertz CT molecular complexity index is 794. The van der Waals surface area contributed by atoms with Crippen LogP contribution in [0, 0.1) is 17.3 Å². The summed E-state index contributed by atoms with van der Waals surface area (Å²) in [5.41, 5.74) is 2.84. The first-order valence-electron chi connectivity index (χ1n) is 14.2. The van der Waals surface area contributed by atoms with Crippen LogP contribution in [0.1, 0.15) is 111 Å². The Morgan fingerprint density at radius 3 is 2.46 bits per heavy atom. The second kappa shape index (κ2) is 11.6. The molecular formula is C31H52O4. The topological polar surface area (TPSA) is 69.9 Å². The number of unbranched alkanes of at least 4 members (excludes halogenated alkanes) is 1. The van der Waals surface area contributed by atoms with E-state index >= 15 is 0 Å². The number of rotatable bonds is 10. The Hall–Kier alpha value is -0.940. The number of ether oxygens (including phenoxy) is 1. The summed E-state index contributed by atoms with van der Waals surface area (Å²) in [6.07, 6.45) is 15.9. The van der Waals surface area contributed by atoms with E-state index in [1.165, 1.54) is 31.3 Å². The molecule has 4 nitrogen and oxygen atoms in total. The van der Waals surface area contributed by atoms with Gasteiger partial charge in [0.2, 0.25) is 0 Å². The van der Waals surface area contributed by atoms with Crippen LogP contribution in [0.3, 0.4) is 0 Å². The molecule has 0 aromatic rings. The average Bonchev–Trinajstić information content (AvgIpc) is 3.21. The summed E-state index contributed by atoms with van der Waals surface area (Å²) in [4.78, 5) is 0. The maximum atomic E-state index is 10.7. The fourth-order valence-corrected chi connectivity index (χ4v) is 7.66. The van der Waals surface area contributed by atoms with Gasteiger partial charge in [-0.3, -0.25) is 0 Å². The number of fused-ring (bicyclic) bond motifs is 1. The van der Waals surface area contributed by atoms with Crippen LogP contribution in [-0.2, 0) is 4.74 Å². The summed E-state index contributed by atoms with van der Waals surface area (Å²) in [5, 5.41) is 31.0. The predicted octanol–water partition coefficient (Wildman–Crippen LogP) is 6.64. The number of hydrogen-bond donors (Lipinski definition) is 3. The first kappa shape index (κ1) is 28.6. The minimum absolute atomic E-state index is 0.146. The van der Waals surface area contributed by atoms with Crippen LogP contribution in [-0.4, -0.2) is 45.8 Å². The van der Waals surface area contributed by atoms with Crippen LogP contribution in [0.25, 0.3) is 0 Å². The molecule has 0 amide bonds. The Morgan fingerprint density at radius 1 is 1.11 bits per heavy atom. The van der Waals surface area contributed by atoms with Gasteiger partial charge in [0, 0.05) is 13.5 Å². The molecule has 0 aromatic heterocycles. The highest BCUT2D eigenvalue weighted by Gasteiger charge is 2.55. The van der Waals surface area contributed by atoms with E-state index in [0.717, 1.165) is 56.1 Å². The summed E-state index contributed by atoms with van der Waals surface area (Å²) in [6, 6.07) is 0. The molecule has 6 atom stereocenters. The van der Waals surface area contributed by atoms with Gasteiger partial charge in [-0.15, -0.1) is 0 Å². The van der Waals surface area contributed by atoms with Gasteiger partial charge < -0.3 is 20.1 Å². The third-order valence-corrected chi connectivity index (χ3v) is 10.3. The smallest absolute Gasteiger partial charge is 0.0811 e. The predicted molar refractivity (Wildman–Crippen MR) is 144 cm³/mol. The third-order valence-electron chi connectivity index (χ3n) is 10.3. The molecule has 0 saturated heterocycles. The van der Waals surface area contributed by atoms with Crippen LogP contribution < -0.4 is 0 Å². The molecule has 0 radical (unpaired) electrons. The summed E-state index contributed by atoms with van der Waals surface area (Å²) < 4.78 is 6.29. The van der Waals surface area contributed by atoms with Gasteiger partial charge in [0.05, 0.1) is 23.4 Å². The van der Waals surface area contributed by atoms with Crippen molar-refractivity contribution < 1.29 is 20.1 Å². The third kappa shape index (κ3) is 6.14. The lowest BCUT2D eigenvalue weighted by Gasteiger charge is -2.48. The quantitative estimate of drug-likeness (QED) is 0.301. The van der Waals surface area contributed by atoms with Crippen molar-refractivity contribution in [3.63, 3.8) is 0 Å². The largest absolute Gasteiger partial charge is 0.393 e. The van der Waals surface area contributed by atoms with Gasteiger partial charge in [-0.2, -0.15) is 0 Å². The van der Waals surface area contributed by atoms with Crippen LogP contribution in [0.15, 0.2) is 35.5 Å². The summed E-state index contributed by atoms with van der Waals surface area (Å²) in [7, 11) is 1.89. The number of aliphatic hydroxyl groups excluding tert-OH is 2. The van der Waals surface area contributed by atoms with E-state index in [2.05, 4.69) is 46.4 Å². The number of methoxy groups -OCH3 is 1. The molecule has 0 bridgehead atoms. The summed E-state index contributed by atoms with van der Waals surface area (Å²) in [5.74, 6) is 1.08. The zero-order chi connectivity index (χ0) is 25.9. The fraction of sp³-hybridized carbons (Fsp3) is 0.806. The zero-order valence-electron chi connectivity index (χ0n) is 23.1. The lowest BCUT2D eigenvalue weighted by molar-refractivity contribution is -0.0946. The van der Waals surface area contributed by atoms with Gasteiger partial charge in [0.25, 0.3) is 0 Å². The van der Waals surface area contributed by atoms with Gasteiger partial charge >= 0.3 is 0 Å². The molecule has 200 valence electrons. The van der Waals surface area contributed by atoms with Crippen molar-refractivity contribution in [3.05, 3.63) is 35.5 Å². The van der Waals surface area contributed by atoms with E-state index in [1.807, 2.05) is 7.11 Å². The number of hydrogen-bond acceptors (Lipinski definition) is 4. The molecule has 3 rings (SSSR count). The molecule has 35 heavy (non-hydrogen) atoms. The van der Waals surface area contributed by atoms with Gasteiger partial charge in [-0.1, -0.05) is 57.9 Å². The Morgan fingerprint density at radius 2 is 1.80 bits per heavy atom. The van der Waals surface area contributed by atoms with Gasteiger partial charge in [-0.05, 0) is 99.5 Å². The first-order chi connectivity index (χ1) is 16.5. The molecule has 3 aliphatic rings. The zero-order valence-corrected chi connectivity index (χ0v) is 23.1. The van der Waals surface area contributed by atoms with E-state index in [9.17, 15) is 15.3 Å². The molecule has 0 aromatic carbocycles. The second-order valence-electron chi connectivity index (χ2n) is 12.3. The summed E-state index contributed by atoms with van der Waals surface area (Å²) >= 11 is 0. The van der Waals surface area contributed by atoms with Crippen molar-refractivity contribution in [2.45, 2.75) is 135 Å². The minimum atomic E-state index is -0.635. The molecule has 0 spiro atoms. The van der Waals surface area contributed by atoms with E-state index in [-0.39, 0.29) is 11.0 Å². The highest BCUT2D eigenvalue weighted by Crippen LogP contribution is 2.61. The van der Waals surface area contributed by atoms with Crippen LogP contribution in [0.5, 0.6) is 0 Å². The van der Waals surface area contributed by atoms with Crippen molar-refractivity contribution in [1.82, 2.24) is 0 Å². The molecule has 4 heteroatoms. The normalized spacial score (nSPS) is 35.9. The van der Waals surface area contributed by atoms with E-state index in [4.69, 9.17) is 4.74 Å². The molecule has 0 unspecified atom stereocenters. The van der Waals surface area contributed by atoms with E-state index in [1.54, 1.807) is 0 Å². The number of allylic oxidation sites excluding steroid dienone is 3. The van der Waals surface area contributed by atoms with Crippen molar-refractivity contribution >= 4 is 0 Å². The molecule has 3 N–H and O–H groups in total. The standard InChI is InChI=1S/C31H52O4/c1-7-31(34,8-2)19-10-9-18-30(5,35-6)28-16-15-26-23(12-11-17-29(26,28)4)13-14-24-20-25(32)21-27(33)22(24)3/h13-14,25-28,32-34H,3,7-12,15-21H2,1-2,4-6H3/b23-13+,24-14-/t25-,26+,27+,28+,29+,30+/m1/s1. The van der Waals surface area contributed by atoms with Crippen LogP contribution >= 0.6 is 0 Å². The van der Waals surface area contributed by atoms with Gasteiger partial charge in [0.15, 0.2) is 0 Å². The maximum Gasteiger partial charge on any atom is 0.0811 e. The highest BCUT2D eigenvalue weighted by molar-refractivity contribution is 5.38. The van der Waals surface area contributed by atoms with E-state index in [0.29, 0.717) is 24.7 Å². The first-order valence-corrected chi connectivity index (χ1v) is 14.2. The minimum Gasteiger partial charge on any atom is -0.393 e. The molecule has 3 saturated carbocycles. The van der Waals surface area contributed by atoms with Crippen molar-refractivity contribution in [2.75, 3.05) is 7.11 Å². The van der Waals surface area contributed by atoms with E-state index < -0.39 is 17.8 Å². The van der Waals surface area contributed by atoms with Gasteiger partial charge in [0.1, 0.15) is 0 Å². The SMILES string of the molecule is C=C1/C(=C\C=C2/CCC[C@@]3(C)[C@H]2CC[C@@H]3[C@](C)(CCCCC(O)(CC)CC)OC)C[C@@H](O)C[C@@H]1O. The molecule has 3 aliphatic carbocycles. The number of aliphatic hydroxyl groups is 3. The Balaban J connectivity index is 1.72. The molecular weight excluding hydrogens is 436 g/mol. The van der Waals surface area contributed by atoms with Crippen molar-refractivity contribution in [1.29, 1.82) is 0 Å². The monoisotopic (exact) mass is 488 g/mol. The highest BCUT2D eigenvalue weighted by atomic mass is 16.5. The average molecular weight is 489 g/mol. The lowest BCUT2D eigenvalue weighted by Crippen LogP contribution is -2.46. The maximum absolute atomic E-state index is 10.7. The lowest BCUT2D eigenvalue weighted by atomic mass is 9.59.